The lowest BCUT2D eigenvalue weighted by molar-refractivity contribution is 0.0794. The highest BCUT2D eigenvalue weighted by Gasteiger charge is 2.24. The average Bonchev–Trinajstić information content (AvgIpc) is 3.16. The molecule has 31 heavy (non-hydrogen) atoms. The van der Waals surface area contributed by atoms with Gasteiger partial charge in [0.05, 0.1) is 11.3 Å². The number of hydrogen-bond donors (Lipinski definition) is 1. The summed E-state index contributed by atoms with van der Waals surface area (Å²) in [6.45, 7) is 3.87. The molecule has 7 heteroatoms. The molecule has 162 valence electrons. The van der Waals surface area contributed by atoms with Gasteiger partial charge in [-0.05, 0) is 44.2 Å². The number of nitrogens with one attached hydrogen (secondary N) is 1. The van der Waals surface area contributed by atoms with Crippen molar-refractivity contribution in [1.29, 1.82) is 0 Å². The first kappa shape index (κ1) is 20.5. The Morgan fingerprint density at radius 2 is 1.65 bits per heavy atom. The quantitative estimate of drug-likeness (QED) is 0.745. The zero-order valence-corrected chi connectivity index (χ0v) is 18.7. The second kappa shape index (κ2) is 9.40. The lowest BCUT2D eigenvalue weighted by Gasteiger charge is -2.30. The first-order chi connectivity index (χ1) is 15.3. The van der Waals surface area contributed by atoms with Gasteiger partial charge in [0, 0.05) is 42.8 Å². The molecule has 1 amide bonds. The molecule has 6 nitrogen and oxygen atoms in total. The molecule has 2 fully saturated rings. The summed E-state index contributed by atoms with van der Waals surface area (Å²) < 4.78 is 0. The van der Waals surface area contributed by atoms with Crippen molar-refractivity contribution < 1.29 is 4.79 Å². The Kier molecular flexibility index (Phi) is 6.22. The molecule has 1 N–H and O–H groups in total. The van der Waals surface area contributed by atoms with Crippen molar-refractivity contribution in [1.82, 2.24) is 20.3 Å². The second-order valence-corrected chi connectivity index (χ2v) is 9.50. The number of hydrazine groups is 1. The number of aromatic nitrogens is 1. The van der Waals surface area contributed by atoms with Gasteiger partial charge in [-0.1, -0.05) is 42.8 Å². The number of benzene rings is 1. The molecule has 0 unspecified atom stereocenters. The summed E-state index contributed by atoms with van der Waals surface area (Å²) in [7, 11) is 0. The maximum Gasteiger partial charge on any atom is 0.267 e. The summed E-state index contributed by atoms with van der Waals surface area (Å²) in [5.74, 6) is 0.909. The molecular weight excluding hydrogens is 406 g/mol. The number of rotatable bonds is 2. The first-order valence-electron chi connectivity index (χ1n) is 11.4. The molecule has 0 bridgehead atoms. The van der Waals surface area contributed by atoms with Crippen LogP contribution in [0.15, 0.2) is 51.4 Å². The highest BCUT2D eigenvalue weighted by molar-refractivity contribution is 7.99. The molecule has 0 atom stereocenters. The van der Waals surface area contributed by atoms with Gasteiger partial charge in [-0.15, -0.1) is 0 Å². The molecule has 3 aliphatic rings. The van der Waals surface area contributed by atoms with Gasteiger partial charge in [0.2, 0.25) is 0 Å². The van der Waals surface area contributed by atoms with E-state index in [-0.39, 0.29) is 5.91 Å². The van der Waals surface area contributed by atoms with E-state index in [2.05, 4.69) is 39.6 Å². The maximum atomic E-state index is 12.9. The predicted molar refractivity (Wildman–Crippen MR) is 124 cm³/mol. The summed E-state index contributed by atoms with van der Waals surface area (Å²) in [5, 5.41) is 2.90. The molecule has 0 saturated carbocycles. The number of aliphatic imine (C=N–C) groups is 1. The summed E-state index contributed by atoms with van der Waals surface area (Å²) in [6, 6.07) is 10.3. The molecule has 0 aliphatic carbocycles. The summed E-state index contributed by atoms with van der Waals surface area (Å²) in [4.78, 5) is 26.2. The Hall–Kier alpha value is -2.38. The van der Waals surface area contributed by atoms with E-state index in [1.807, 2.05) is 11.1 Å². The molecule has 3 aliphatic heterocycles. The van der Waals surface area contributed by atoms with Gasteiger partial charge >= 0.3 is 0 Å². The van der Waals surface area contributed by atoms with E-state index in [0.717, 1.165) is 61.1 Å². The minimum absolute atomic E-state index is 0.0984. The van der Waals surface area contributed by atoms with Crippen LogP contribution in [0.1, 0.15) is 60.9 Å². The number of carbonyl (C=O) groups excluding carboxylic acids is 1. The molecule has 4 heterocycles. The van der Waals surface area contributed by atoms with Gasteiger partial charge in [0.25, 0.3) is 5.91 Å². The topological polar surface area (TPSA) is 60.8 Å². The van der Waals surface area contributed by atoms with E-state index in [1.54, 1.807) is 18.0 Å². The number of carbonyl (C=O) groups is 1. The van der Waals surface area contributed by atoms with E-state index >= 15 is 0 Å². The van der Waals surface area contributed by atoms with Crippen LogP contribution in [-0.2, 0) is 0 Å². The monoisotopic (exact) mass is 435 g/mol. The van der Waals surface area contributed by atoms with Crippen LogP contribution in [0.4, 0.5) is 5.69 Å². The van der Waals surface area contributed by atoms with Crippen molar-refractivity contribution >= 4 is 29.2 Å². The van der Waals surface area contributed by atoms with Crippen LogP contribution in [0, 0.1) is 0 Å². The number of nitrogens with zero attached hydrogens (tertiary/aromatic N) is 4. The largest absolute Gasteiger partial charge is 0.356 e. The number of amides is 1. The third-order valence-electron chi connectivity index (χ3n) is 6.18. The van der Waals surface area contributed by atoms with E-state index in [0.29, 0.717) is 5.56 Å². The van der Waals surface area contributed by atoms with Crippen LogP contribution in [-0.4, -0.2) is 52.8 Å². The molecule has 5 rings (SSSR count). The summed E-state index contributed by atoms with van der Waals surface area (Å²) in [5.41, 5.74) is 5.58. The summed E-state index contributed by atoms with van der Waals surface area (Å²) >= 11 is 1.64. The number of amidine groups is 1. The van der Waals surface area contributed by atoms with Crippen molar-refractivity contribution in [3.8, 4) is 0 Å². The lowest BCUT2D eigenvalue weighted by Crippen LogP contribution is -2.42. The summed E-state index contributed by atoms with van der Waals surface area (Å²) in [6.07, 6.45) is 10.1. The molecular formula is C24H29N5OS. The third-order valence-corrected chi connectivity index (χ3v) is 7.26. The fraction of sp³-hybridized carbons (Fsp3) is 0.458. The second-order valence-electron chi connectivity index (χ2n) is 8.47. The molecule has 2 saturated heterocycles. The van der Waals surface area contributed by atoms with E-state index in [9.17, 15) is 4.79 Å². The molecule has 1 aromatic heterocycles. The Morgan fingerprint density at radius 3 is 2.45 bits per heavy atom. The van der Waals surface area contributed by atoms with Crippen molar-refractivity contribution in [2.45, 2.75) is 54.9 Å². The fourth-order valence-corrected chi connectivity index (χ4v) is 5.42. The van der Waals surface area contributed by atoms with E-state index in [1.165, 1.54) is 37.0 Å². The van der Waals surface area contributed by atoms with E-state index < -0.39 is 0 Å². The van der Waals surface area contributed by atoms with Crippen LogP contribution < -0.4 is 5.43 Å². The maximum absolute atomic E-state index is 12.9. The number of hydrogen-bond acceptors (Lipinski definition) is 6. The van der Waals surface area contributed by atoms with Gasteiger partial charge in [-0.25, -0.2) is 15.0 Å². The number of pyridine rings is 1. The zero-order valence-electron chi connectivity index (χ0n) is 17.8. The zero-order chi connectivity index (χ0) is 21.0. The van der Waals surface area contributed by atoms with Crippen molar-refractivity contribution in [2.75, 3.05) is 26.2 Å². The molecule has 2 aromatic rings. The van der Waals surface area contributed by atoms with Crippen LogP contribution >= 0.6 is 11.8 Å². The Balaban J connectivity index is 1.46. The number of piperidine rings is 1. The molecule has 1 aromatic carbocycles. The van der Waals surface area contributed by atoms with E-state index in [4.69, 9.17) is 4.99 Å². The predicted octanol–water partition coefficient (Wildman–Crippen LogP) is 4.63. The highest BCUT2D eigenvalue weighted by atomic mass is 32.2. The van der Waals surface area contributed by atoms with Crippen LogP contribution in [0.5, 0.6) is 0 Å². The smallest absolute Gasteiger partial charge is 0.267 e. The standard InChI is InChI=1S/C24H29N5OS/c30-23(27-29-14-8-1-2-9-15-29)18-16-20-24(25-17-18)31-21-11-5-4-10-19(21)22(26-20)28-12-6-3-7-13-28/h4-5,10-11,16-17H,1-3,6-9,12-15H2,(H,27,30). The fourth-order valence-electron chi connectivity index (χ4n) is 4.48. The van der Waals surface area contributed by atoms with Crippen LogP contribution in [0.25, 0.3) is 0 Å². The minimum Gasteiger partial charge on any atom is -0.356 e. The van der Waals surface area contributed by atoms with Gasteiger partial charge in [0.15, 0.2) is 0 Å². The number of likely N-dealkylation sites (tertiary alicyclic amines) is 1. The first-order valence-corrected chi connectivity index (χ1v) is 12.3. The average molecular weight is 436 g/mol. The molecule has 0 radical (unpaired) electrons. The van der Waals surface area contributed by atoms with Crippen molar-refractivity contribution in [2.24, 2.45) is 4.99 Å². The van der Waals surface area contributed by atoms with Crippen molar-refractivity contribution in [3.63, 3.8) is 0 Å². The molecule has 0 spiro atoms. The van der Waals surface area contributed by atoms with Crippen LogP contribution in [0.3, 0.4) is 0 Å². The van der Waals surface area contributed by atoms with Gasteiger partial charge in [-0.2, -0.15) is 0 Å². The normalized spacial score (nSPS) is 19.5. The van der Waals surface area contributed by atoms with Crippen molar-refractivity contribution in [3.05, 3.63) is 47.7 Å². The van der Waals surface area contributed by atoms with Gasteiger partial charge in [0.1, 0.15) is 10.9 Å². The Morgan fingerprint density at radius 1 is 0.935 bits per heavy atom. The SMILES string of the molecule is O=C(NN1CCCCCC1)c1cnc2c(c1)N=C(N1CCCCC1)c1ccccc1S2. The highest BCUT2D eigenvalue weighted by Crippen LogP contribution is 2.40. The van der Waals surface area contributed by atoms with Crippen LogP contribution in [0.2, 0.25) is 0 Å². The minimum atomic E-state index is -0.0984. The lowest BCUT2D eigenvalue weighted by atomic mass is 10.1. The van der Waals surface area contributed by atoms with Gasteiger partial charge in [-0.3, -0.25) is 10.2 Å². The van der Waals surface area contributed by atoms with Gasteiger partial charge < -0.3 is 4.90 Å². The number of fused-ring (bicyclic) bond motifs is 2. The Bertz CT molecular complexity index is 978. The Labute approximate surface area is 188 Å². The third kappa shape index (κ3) is 4.62.